The Hall–Kier alpha value is -1.12. The average Bonchev–Trinajstić information content (AvgIpc) is 2.74. The fraction of sp³-hybridized carbons (Fsp3) is 0.846. The van der Waals surface area contributed by atoms with Crippen molar-refractivity contribution in [1.29, 1.82) is 5.26 Å². The largest absolute Gasteiger partial charge is 0.337 e. The van der Waals surface area contributed by atoms with Crippen LogP contribution >= 0.6 is 0 Å². The van der Waals surface area contributed by atoms with Gasteiger partial charge in [-0.3, -0.25) is 9.69 Å². The van der Waals surface area contributed by atoms with Crippen molar-refractivity contribution < 1.29 is 4.79 Å². The predicted molar refractivity (Wildman–Crippen MR) is 66.8 cm³/mol. The summed E-state index contributed by atoms with van der Waals surface area (Å²) < 4.78 is 0. The maximum atomic E-state index is 12.2. The summed E-state index contributed by atoms with van der Waals surface area (Å²) in [5.74, 6) is 0.180. The fourth-order valence-electron chi connectivity index (χ4n) is 3.75. The minimum atomic E-state index is -0.556. The van der Waals surface area contributed by atoms with Crippen molar-refractivity contribution in [2.45, 2.75) is 37.3 Å². The van der Waals surface area contributed by atoms with E-state index in [1.807, 2.05) is 4.90 Å². The first-order valence-corrected chi connectivity index (χ1v) is 6.94. The molecule has 2 atom stereocenters. The second-order valence-electron chi connectivity index (χ2n) is 5.55. The zero-order chi connectivity index (χ0) is 12.6. The molecular weight excluding hydrogens is 228 g/mol. The third kappa shape index (κ3) is 1.63. The first kappa shape index (κ1) is 11.9. The van der Waals surface area contributed by atoms with Crippen LogP contribution in [0.25, 0.3) is 0 Å². The monoisotopic (exact) mass is 248 g/mol. The molecule has 5 nitrogen and oxygen atoms in total. The third-order valence-corrected chi connectivity index (χ3v) is 4.67. The van der Waals surface area contributed by atoms with E-state index in [1.165, 1.54) is 0 Å². The number of rotatable bonds is 1. The molecule has 0 spiro atoms. The smallest absolute Gasteiger partial charge is 0.225 e. The molecular formula is C13H20N4O. The molecule has 0 radical (unpaired) electrons. The highest BCUT2D eigenvalue weighted by Gasteiger charge is 2.56. The molecule has 3 fully saturated rings. The molecule has 0 bridgehead atoms. The summed E-state index contributed by atoms with van der Waals surface area (Å²) in [5.41, 5.74) is -0.556. The summed E-state index contributed by atoms with van der Waals surface area (Å²) >= 11 is 0. The molecule has 3 heterocycles. The first-order valence-electron chi connectivity index (χ1n) is 6.94. The van der Waals surface area contributed by atoms with E-state index in [-0.39, 0.29) is 11.9 Å². The number of amides is 1. The second-order valence-corrected chi connectivity index (χ2v) is 5.55. The molecule has 3 aliphatic rings. The van der Waals surface area contributed by atoms with Gasteiger partial charge in [-0.25, -0.2) is 0 Å². The molecule has 0 aromatic rings. The third-order valence-electron chi connectivity index (χ3n) is 4.67. The molecule has 1 amide bonds. The van der Waals surface area contributed by atoms with E-state index in [4.69, 9.17) is 0 Å². The van der Waals surface area contributed by atoms with Crippen molar-refractivity contribution in [2.24, 2.45) is 0 Å². The molecule has 0 saturated carbocycles. The lowest BCUT2D eigenvalue weighted by molar-refractivity contribution is -0.129. The number of nitriles is 1. The van der Waals surface area contributed by atoms with Gasteiger partial charge in [-0.05, 0) is 19.3 Å². The van der Waals surface area contributed by atoms with Crippen LogP contribution in [0, 0.1) is 11.3 Å². The zero-order valence-electron chi connectivity index (χ0n) is 10.7. The Morgan fingerprint density at radius 1 is 1.28 bits per heavy atom. The lowest BCUT2D eigenvalue weighted by Gasteiger charge is -2.44. The number of hydrogen-bond donors (Lipinski definition) is 1. The number of nitrogens with zero attached hydrogens (tertiary/aromatic N) is 3. The lowest BCUT2D eigenvalue weighted by atomic mass is 9.84. The highest BCUT2D eigenvalue weighted by atomic mass is 16.2. The van der Waals surface area contributed by atoms with E-state index in [0.717, 1.165) is 52.0 Å². The Morgan fingerprint density at radius 3 is 2.78 bits per heavy atom. The summed E-state index contributed by atoms with van der Waals surface area (Å²) in [7, 11) is 0. The van der Waals surface area contributed by atoms with Crippen LogP contribution in [0.5, 0.6) is 0 Å². The Balaban J connectivity index is 1.90. The molecule has 3 saturated heterocycles. The van der Waals surface area contributed by atoms with Crippen LogP contribution in [0.2, 0.25) is 0 Å². The van der Waals surface area contributed by atoms with Gasteiger partial charge in [0.05, 0.1) is 18.5 Å². The predicted octanol–water partition coefficient (Wildman–Crippen LogP) is -0.0612. The Kier molecular flexibility index (Phi) is 3.00. The molecule has 0 aromatic carbocycles. The van der Waals surface area contributed by atoms with Gasteiger partial charge in [-0.15, -0.1) is 0 Å². The average molecular weight is 248 g/mol. The SMILES string of the molecule is N#CC1(N2CCNCC2)CC(=O)N2CCCCC21. The van der Waals surface area contributed by atoms with E-state index >= 15 is 0 Å². The number of carbonyl (C=O) groups excluding carboxylic acids is 1. The van der Waals surface area contributed by atoms with E-state index in [9.17, 15) is 10.1 Å². The van der Waals surface area contributed by atoms with Gasteiger partial charge >= 0.3 is 0 Å². The Morgan fingerprint density at radius 2 is 2.06 bits per heavy atom. The molecule has 1 N–H and O–H groups in total. The van der Waals surface area contributed by atoms with Crippen LogP contribution in [-0.2, 0) is 4.79 Å². The molecule has 0 aliphatic carbocycles. The second kappa shape index (κ2) is 4.52. The topological polar surface area (TPSA) is 59.4 Å². The van der Waals surface area contributed by atoms with Gasteiger partial charge in [0.15, 0.2) is 0 Å². The van der Waals surface area contributed by atoms with Crippen LogP contribution in [0.3, 0.4) is 0 Å². The number of piperazine rings is 1. The standard InChI is InChI=1S/C13H20N4O/c14-10-13(16-7-4-15-5-8-16)9-12(18)17-6-2-1-3-11(13)17/h11,15H,1-9H2. The number of fused-ring (bicyclic) bond motifs is 1. The normalized spacial score (nSPS) is 37.4. The maximum absolute atomic E-state index is 12.2. The van der Waals surface area contributed by atoms with E-state index < -0.39 is 5.54 Å². The molecule has 3 rings (SSSR count). The summed E-state index contributed by atoms with van der Waals surface area (Å²) in [6.45, 7) is 4.45. The van der Waals surface area contributed by atoms with Gasteiger partial charge in [0.2, 0.25) is 5.91 Å². The van der Waals surface area contributed by atoms with Crippen molar-refractivity contribution in [2.75, 3.05) is 32.7 Å². The van der Waals surface area contributed by atoms with Crippen molar-refractivity contribution in [1.82, 2.24) is 15.1 Å². The highest BCUT2D eigenvalue weighted by Crippen LogP contribution is 2.39. The van der Waals surface area contributed by atoms with Crippen LogP contribution in [0.1, 0.15) is 25.7 Å². The number of nitrogens with one attached hydrogen (secondary N) is 1. The van der Waals surface area contributed by atoms with Gasteiger partial charge in [0, 0.05) is 32.7 Å². The van der Waals surface area contributed by atoms with E-state index in [2.05, 4.69) is 16.3 Å². The highest BCUT2D eigenvalue weighted by molar-refractivity contribution is 5.82. The van der Waals surface area contributed by atoms with Crippen molar-refractivity contribution >= 4 is 5.91 Å². The van der Waals surface area contributed by atoms with Crippen molar-refractivity contribution in [3.05, 3.63) is 0 Å². The number of piperidine rings is 1. The van der Waals surface area contributed by atoms with Gasteiger partial charge in [0.25, 0.3) is 0 Å². The minimum Gasteiger partial charge on any atom is -0.337 e. The van der Waals surface area contributed by atoms with Crippen LogP contribution in [-0.4, -0.2) is 60.0 Å². The van der Waals surface area contributed by atoms with Gasteiger partial charge in [-0.1, -0.05) is 0 Å². The molecule has 5 heteroatoms. The van der Waals surface area contributed by atoms with E-state index in [0.29, 0.717) is 6.42 Å². The van der Waals surface area contributed by atoms with Crippen LogP contribution in [0.15, 0.2) is 0 Å². The fourth-order valence-corrected chi connectivity index (χ4v) is 3.75. The van der Waals surface area contributed by atoms with E-state index in [1.54, 1.807) is 0 Å². The Bertz CT molecular complexity index is 385. The summed E-state index contributed by atoms with van der Waals surface area (Å²) in [5, 5.41) is 13.0. The van der Waals surface area contributed by atoms with Gasteiger partial charge in [0.1, 0.15) is 5.54 Å². The molecule has 2 unspecified atom stereocenters. The summed E-state index contributed by atoms with van der Waals surface area (Å²) in [4.78, 5) is 16.4. The van der Waals surface area contributed by atoms with Crippen molar-refractivity contribution in [3.8, 4) is 6.07 Å². The first-order chi connectivity index (χ1) is 8.78. The minimum absolute atomic E-state index is 0.127. The quantitative estimate of drug-likeness (QED) is 0.706. The molecule has 98 valence electrons. The summed E-state index contributed by atoms with van der Waals surface area (Å²) in [6, 6.07) is 2.64. The Labute approximate surface area is 108 Å². The van der Waals surface area contributed by atoms with Crippen LogP contribution in [0.4, 0.5) is 0 Å². The van der Waals surface area contributed by atoms with Gasteiger partial charge in [-0.2, -0.15) is 5.26 Å². The van der Waals surface area contributed by atoms with Crippen molar-refractivity contribution in [3.63, 3.8) is 0 Å². The number of carbonyl (C=O) groups is 1. The maximum Gasteiger partial charge on any atom is 0.225 e. The number of hydrogen-bond acceptors (Lipinski definition) is 4. The zero-order valence-corrected chi connectivity index (χ0v) is 10.7. The summed E-state index contributed by atoms with van der Waals surface area (Å²) in [6.07, 6.45) is 3.62. The molecule has 18 heavy (non-hydrogen) atoms. The van der Waals surface area contributed by atoms with Crippen LogP contribution < -0.4 is 5.32 Å². The molecule has 0 aromatic heterocycles. The molecule has 3 aliphatic heterocycles. The lowest BCUT2D eigenvalue weighted by Crippen LogP contribution is -2.61. The van der Waals surface area contributed by atoms with Gasteiger partial charge < -0.3 is 10.2 Å².